The van der Waals surface area contributed by atoms with Crippen molar-refractivity contribution in [3.8, 4) is 0 Å². The number of rotatable bonds is 5. The van der Waals surface area contributed by atoms with Gasteiger partial charge in [-0.25, -0.2) is 9.50 Å². The molecule has 2 aromatic heterocycles. The van der Waals surface area contributed by atoms with Crippen molar-refractivity contribution in [2.24, 2.45) is 0 Å². The Morgan fingerprint density at radius 3 is 2.78 bits per heavy atom. The van der Waals surface area contributed by atoms with Crippen molar-refractivity contribution < 1.29 is 23.7 Å². The number of nitrogens with two attached hydrogens (primary N) is 1. The smallest absolute Gasteiger partial charge is 0.305 e. The Balaban J connectivity index is 1.51. The number of nitrogens with zero attached hydrogens (tertiary/aromatic N) is 3. The summed E-state index contributed by atoms with van der Waals surface area (Å²) >= 11 is 6.03. The topological polar surface area (TPSA) is 110 Å². The normalized spacial score (nSPS) is 29.3. The molecular weight excluding hydrogens is 436 g/mol. The molecule has 9 nitrogen and oxygen atoms in total. The van der Waals surface area contributed by atoms with E-state index in [1.165, 1.54) is 6.33 Å². The van der Waals surface area contributed by atoms with Crippen LogP contribution in [0.4, 0.5) is 5.82 Å². The lowest BCUT2D eigenvalue weighted by Gasteiger charge is -2.27. The second-order valence-corrected chi connectivity index (χ2v) is 8.47. The highest BCUT2D eigenvalue weighted by molar-refractivity contribution is 6.30. The third kappa shape index (κ3) is 3.41. The van der Waals surface area contributed by atoms with Crippen LogP contribution in [0, 0.1) is 0 Å². The third-order valence-electron chi connectivity index (χ3n) is 5.98. The lowest BCUT2D eigenvalue weighted by molar-refractivity contribution is -0.167. The van der Waals surface area contributed by atoms with E-state index in [1.807, 2.05) is 31.2 Å². The minimum Gasteiger partial charge on any atom is -0.463 e. The van der Waals surface area contributed by atoms with Crippen molar-refractivity contribution in [1.82, 2.24) is 14.6 Å². The van der Waals surface area contributed by atoms with Gasteiger partial charge >= 0.3 is 5.97 Å². The first-order chi connectivity index (χ1) is 15.4. The van der Waals surface area contributed by atoms with Gasteiger partial charge in [-0.15, -0.1) is 0 Å². The van der Waals surface area contributed by atoms with E-state index in [0.29, 0.717) is 16.4 Å². The fraction of sp³-hybridized carbons (Fsp3) is 0.409. The molecule has 5 rings (SSSR count). The van der Waals surface area contributed by atoms with Gasteiger partial charge in [0.2, 0.25) is 0 Å². The number of nitrogen functional groups attached to an aromatic ring is 1. The number of fused-ring (bicyclic) bond motifs is 2. The van der Waals surface area contributed by atoms with E-state index in [0.717, 1.165) is 11.3 Å². The molecule has 4 heterocycles. The SMILES string of the molecule is CCC(=O)OC[C@H]1O[C@@H](c2ccc3c(N)ncnn23)[C@]2(C)OC(c3ccc(Cl)cc3)O[C@H]12. The van der Waals surface area contributed by atoms with Gasteiger partial charge in [-0.3, -0.25) is 4.79 Å². The number of hydrogen-bond acceptors (Lipinski definition) is 8. The van der Waals surface area contributed by atoms with Crippen molar-refractivity contribution >= 4 is 28.9 Å². The minimum atomic E-state index is -0.873. The fourth-order valence-corrected chi connectivity index (χ4v) is 4.47. The zero-order chi connectivity index (χ0) is 22.5. The Kier molecular flexibility index (Phi) is 5.29. The van der Waals surface area contributed by atoms with E-state index in [1.54, 1.807) is 23.6 Å². The van der Waals surface area contributed by atoms with Crippen LogP contribution in [-0.2, 0) is 23.7 Å². The molecule has 1 aromatic carbocycles. The maximum Gasteiger partial charge on any atom is 0.305 e. The molecule has 5 atom stereocenters. The van der Waals surface area contributed by atoms with Crippen molar-refractivity contribution in [1.29, 1.82) is 0 Å². The average molecular weight is 459 g/mol. The molecule has 1 unspecified atom stereocenters. The highest BCUT2D eigenvalue weighted by atomic mass is 35.5. The Hall–Kier alpha value is -2.72. The summed E-state index contributed by atoms with van der Waals surface area (Å²) in [5.41, 5.74) is 7.37. The van der Waals surface area contributed by atoms with E-state index in [-0.39, 0.29) is 19.0 Å². The van der Waals surface area contributed by atoms with Gasteiger partial charge in [0.25, 0.3) is 0 Å². The van der Waals surface area contributed by atoms with Crippen LogP contribution in [0.1, 0.15) is 43.9 Å². The Morgan fingerprint density at radius 2 is 2.03 bits per heavy atom. The third-order valence-corrected chi connectivity index (χ3v) is 6.24. The van der Waals surface area contributed by atoms with Gasteiger partial charge in [0.1, 0.15) is 42.4 Å². The molecule has 32 heavy (non-hydrogen) atoms. The Morgan fingerprint density at radius 1 is 1.25 bits per heavy atom. The molecule has 2 aliphatic rings. The van der Waals surface area contributed by atoms with Crippen LogP contribution in [0.2, 0.25) is 5.02 Å². The summed E-state index contributed by atoms with van der Waals surface area (Å²) in [5.74, 6) is 0.0579. The molecule has 2 saturated heterocycles. The molecule has 0 aliphatic carbocycles. The van der Waals surface area contributed by atoms with Crippen LogP contribution in [0.25, 0.3) is 5.52 Å². The van der Waals surface area contributed by atoms with Gasteiger partial charge < -0.3 is 24.7 Å². The van der Waals surface area contributed by atoms with Gasteiger partial charge in [0.05, 0.1) is 5.69 Å². The summed E-state index contributed by atoms with van der Waals surface area (Å²) in [6.45, 7) is 3.73. The summed E-state index contributed by atoms with van der Waals surface area (Å²) in [6, 6.07) is 11.0. The number of carbonyl (C=O) groups is 1. The number of halogens is 1. The zero-order valence-electron chi connectivity index (χ0n) is 17.6. The zero-order valence-corrected chi connectivity index (χ0v) is 18.4. The molecule has 2 fully saturated rings. The molecule has 3 aromatic rings. The van der Waals surface area contributed by atoms with Gasteiger partial charge in [0, 0.05) is 17.0 Å². The average Bonchev–Trinajstić information content (AvgIpc) is 3.43. The number of hydrogen-bond donors (Lipinski definition) is 1. The first kappa shape index (κ1) is 21.1. The van der Waals surface area contributed by atoms with Crippen molar-refractivity contribution in [2.75, 3.05) is 12.3 Å². The monoisotopic (exact) mass is 458 g/mol. The van der Waals surface area contributed by atoms with Gasteiger partial charge in [-0.2, -0.15) is 5.10 Å². The van der Waals surface area contributed by atoms with E-state index >= 15 is 0 Å². The molecule has 0 amide bonds. The van der Waals surface area contributed by atoms with Crippen LogP contribution in [0.5, 0.6) is 0 Å². The number of esters is 1. The number of aromatic nitrogens is 3. The highest BCUT2D eigenvalue weighted by Crippen LogP contribution is 2.53. The van der Waals surface area contributed by atoms with Gasteiger partial charge in [-0.1, -0.05) is 30.7 Å². The molecule has 0 spiro atoms. The first-order valence-electron chi connectivity index (χ1n) is 10.4. The van der Waals surface area contributed by atoms with Crippen LogP contribution in [0.15, 0.2) is 42.7 Å². The van der Waals surface area contributed by atoms with Crippen molar-refractivity contribution in [2.45, 2.75) is 50.5 Å². The van der Waals surface area contributed by atoms with Crippen LogP contribution in [-0.4, -0.2) is 45.0 Å². The summed E-state index contributed by atoms with van der Waals surface area (Å²) in [4.78, 5) is 15.8. The quantitative estimate of drug-likeness (QED) is 0.580. The standard InChI is InChI=1S/C22H23ClN4O5/c1-3-17(28)29-10-16-19-22(2,32-21(31-19)12-4-6-13(23)7-5-12)18(30-16)14-8-9-15-20(24)25-11-26-27(14)15/h4-9,11,16,18-19,21H,3,10H2,1-2H3,(H2,24,25,26)/t16-,18+,19-,21?,22+/m1/s1. The Bertz CT molecular complexity index is 1150. The van der Waals surface area contributed by atoms with Gasteiger partial charge in [0.15, 0.2) is 12.1 Å². The number of ether oxygens (including phenoxy) is 4. The predicted molar refractivity (Wildman–Crippen MR) is 115 cm³/mol. The lowest BCUT2D eigenvalue weighted by Crippen LogP contribution is -2.41. The summed E-state index contributed by atoms with van der Waals surface area (Å²) < 4.78 is 26.2. The molecule has 0 radical (unpaired) electrons. The van der Waals surface area contributed by atoms with Gasteiger partial charge in [-0.05, 0) is 31.2 Å². The maximum atomic E-state index is 11.8. The van der Waals surface area contributed by atoms with Crippen molar-refractivity contribution in [3.63, 3.8) is 0 Å². The molecular formula is C22H23ClN4O5. The number of carbonyl (C=O) groups excluding carboxylic acids is 1. The first-order valence-corrected chi connectivity index (χ1v) is 10.8. The van der Waals surface area contributed by atoms with Crippen LogP contribution in [0.3, 0.4) is 0 Å². The molecule has 0 saturated carbocycles. The predicted octanol–water partition coefficient (Wildman–Crippen LogP) is 3.23. The van der Waals surface area contributed by atoms with Crippen molar-refractivity contribution in [3.05, 3.63) is 59.0 Å². The Labute approximate surface area is 189 Å². The number of anilines is 1. The molecule has 168 valence electrons. The largest absolute Gasteiger partial charge is 0.463 e. The second kappa shape index (κ2) is 8.00. The lowest BCUT2D eigenvalue weighted by atomic mass is 9.91. The van der Waals surface area contributed by atoms with Crippen LogP contribution >= 0.6 is 11.6 Å². The molecule has 0 bridgehead atoms. The summed E-state index contributed by atoms with van der Waals surface area (Å²) in [6.07, 6.45) is -0.507. The van der Waals surface area contributed by atoms with E-state index < -0.39 is 30.2 Å². The van der Waals surface area contributed by atoms with E-state index in [9.17, 15) is 4.79 Å². The van der Waals surface area contributed by atoms with Crippen LogP contribution < -0.4 is 5.73 Å². The highest BCUT2D eigenvalue weighted by Gasteiger charge is 2.62. The molecule has 2 N–H and O–H groups in total. The van der Waals surface area contributed by atoms with E-state index in [2.05, 4.69) is 10.1 Å². The summed E-state index contributed by atoms with van der Waals surface area (Å²) in [5, 5.41) is 4.97. The number of benzene rings is 1. The molecule has 2 aliphatic heterocycles. The van der Waals surface area contributed by atoms with E-state index in [4.69, 9.17) is 36.3 Å². The summed E-state index contributed by atoms with van der Waals surface area (Å²) in [7, 11) is 0. The molecule has 10 heteroatoms. The minimum absolute atomic E-state index is 0.0561. The second-order valence-electron chi connectivity index (χ2n) is 8.03. The maximum absolute atomic E-state index is 11.8. The fourth-order valence-electron chi connectivity index (χ4n) is 4.35.